The number of carbonyl (C=O) groups is 3. The van der Waals surface area contributed by atoms with Crippen LogP contribution in [0.1, 0.15) is 51.3 Å². The van der Waals surface area contributed by atoms with Gasteiger partial charge in [-0.2, -0.15) is 0 Å². The first-order chi connectivity index (χ1) is 21.7. The number of rotatable bonds is 7. The summed E-state index contributed by atoms with van der Waals surface area (Å²) in [4.78, 5) is 57.0. The van der Waals surface area contributed by atoms with Crippen LogP contribution in [0.4, 0.5) is 17.1 Å². The first-order valence-electron chi connectivity index (χ1n) is 15.1. The van der Waals surface area contributed by atoms with Gasteiger partial charge in [-0.15, -0.1) is 0 Å². The van der Waals surface area contributed by atoms with Gasteiger partial charge in [0.1, 0.15) is 11.5 Å². The number of nitrogens with one attached hydrogen (secondary N) is 1. The summed E-state index contributed by atoms with van der Waals surface area (Å²) in [7, 11) is 0. The Bertz CT molecular complexity index is 1900. The van der Waals surface area contributed by atoms with Gasteiger partial charge in [0, 0.05) is 34.6 Å². The first-order valence-corrected chi connectivity index (χ1v) is 15.1. The summed E-state index contributed by atoms with van der Waals surface area (Å²) in [5.74, 6) is -1.70. The number of nitrogens with zero attached hydrogens (tertiary/aromatic N) is 2. The van der Waals surface area contributed by atoms with Crippen LogP contribution in [0.3, 0.4) is 0 Å². The molecule has 4 aromatic rings. The summed E-state index contributed by atoms with van der Waals surface area (Å²) in [5, 5.41) is 14.4. The molecule has 0 bridgehead atoms. The summed E-state index contributed by atoms with van der Waals surface area (Å²) < 4.78 is 0. The molecule has 0 unspecified atom stereocenters. The van der Waals surface area contributed by atoms with Crippen LogP contribution in [0, 0.1) is 22.0 Å². The van der Waals surface area contributed by atoms with Crippen molar-refractivity contribution in [3.8, 4) is 0 Å². The number of ketones is 2. The molecule has 224 valence electrons. The zero-order chi connectivity index (χ0) is 31.5. The average Bonchev–Trinajstić information content (AvgIpc) is 3.52. The minimum Gasteiger partial charge on any atom is -0.352 e. The Morgan fingerprint density at radius 3 is 2.24 bits per heavy atom. The molecule has 4 atom stereocenters. The van der Waals surface area contributed by atoms with Gasteiger partial charge in [0.25, 0.3) is 5.69 Å². The van der Waals surface area contributed by atoms with Crippen LogP contribution < -0.4 is 10.2 Å². The average molecular weight is 598 g/mol. The molecule has 1 fully saturated rings. The fourth-order valence-corrected chi connectivity index (χ4v) is 7.49. The lowest BCUT2D eigenvalue weighted by Gasteiger charge is -2.37. The monoisotopic (exact) mass is 597 g/mol. The van der Waals surface area contributed by atoms with E-state index in [1.807, 2.05) is 77.7 Å². The topological polar surface area (TPSA) is 110 Å². The maximum Gasteiger partial charge on any atom is 0.269 e. The summed E-state index contributed by atoms with van der Waals surface area (Å²) in [6.07, 6.45) is 4.74. The Labute approximate surface area is 260 Å². The van der Waals surface area contributed by atoms with Crippen molar-refractivity contribution < 1.29 is 19.3 Å². The van der Waals surface area contributed by atoms with Crippen LogP contribution in [0.5, 0.6) is 0 Å². The van der Waals surface area contributed by atoms with E-state index in [1.165, 1.54) is 24.3 Å². The number of hydrogen-bond donors (Lipinski definition) is 1. The van der Waals surface area contributed by atoms with Crippen molar-refractivity contribution in [1.29, 1.82) is 0 Å². The molecule has 1 saturated heterocycles. The van der Waals surface area contributed by atoms with E-state index in [0.29, 0.717) is 22.7 Å². The Kier molecular flexibility index (Phi) is 6.73. The zero-order valence-electron chi connectivity index (χ0n) is 24.8. The third-order valence-corrected chi connectivity index (χ3v) is 9.34. The van der Waals surface area contributed by atoms with Crippen LogP contribution in [-0.2, 0) is 16.6 Å². The second kappa shape index (κ2) is 10.7. The van der Waals surface area contributed by atoms with Gasteiger partial charge in [0.15, 0.2) is 11.6 Å². The third-order valence-electron chi connectivity index (χ3n) is 9.34. The van der Waals surface area contributed by atoms with Crippen molar-refractivity contribution in [2.45, 2.75) is 37.8 Å². The van der Waals surface area contributed by atoms with Gasteiger partial charge < -0.3 is 10.2 Å². The van der Waals surface area contributed by atoms with Crippen molar-refractivity contribution in [2.75, 3.05) is 10.2 Å². The molecule has 1 amide bonds. The highest BCUT2D eigenvalue weighted by molar-refractivity contribution is 6.18. The molecule has 8 heteroatoms. The summed E-state index contributed by atoms with van der Waals surface area (Å²) in [6, 6.07) is 26.2. The number of fused-ring (bicyclic) bond motifs is 6. The van der Waals surface area contributed by atoms with Crippen LogP contribution >= 0.6 is 0 Å². The van der Waals surface area contributed by atoms with E-state index in [2.05, 4.69) is 19.2 Å². The minimum absolute atomic E-state index is 0.142. The third kappa shape index (κ3) is 4.31. The Hall–Kier alpha value is -5.37. The fourth-order valence-electron chi connectivity index (χ4n) is 7.49. The van der Waals surface area contributed by atoms with Gasteiger partial charge in [-0.05, 0) is 53.3 Å². The second-order valence-electron chi connectivity index (χ2n) is 12.4. The van der Waals surface area contributed by atoms with E-state index in [4.69, 9.17) is 0 Å². The van der Waals surface area contributed by atoms with Crippen LogP contribution in [-0.4, -0.2) is 34.5 Å². The molecular formula is C37H31N3O5. The number of carbonyl (C=O) groups excluding carboxylic acids is 3. The molecule has 45 heavy (non-hydrogen) atoms. The van der Waals surface area contributed by atoms with Gasteiger partial charge in [0.05, 0.1) is 16.9 Å². The number of non-ortho nitro benzene ring substituents is 1. The molecule has 0 saturated carbocycles. The summed E-state index contributed by atoms with van der Waals surface area (Å²) in [6.45, 7) is 4.26. The van der Waals surface area contributed by atoms with Gasteiger partial charge in [0.2, 0.25) is 5.91 Å². The van der Waals surface area contributed by atoms with Gasteiger partial charge in [-0.25, -0.2) is 0 Å². The minimum atomic E-state index is -1.42. The normalized spacial score (nSPS) is 22.6. The van der Waals surface area contributed by atoms with Gasteiger partial charge in [-0.3, -0.25) is 24.5 Å². The number of para-hydroxylation sites is 2. The number of hydrogen-bond acceptors (Lipinski definition) is 6. The first kappa shape index (κ1) is 28.4. The molecule has 1 spiro atoms. The lowest BCUT2D eigenvalue weighted by atomic mass is 9.64. The van der Waals surface area contributed by atoms with Crippen molar-refractivity contribution >= 4 is 40.6 Å². The summed E-state index contributed by atoms with van der Waals surface area (Å²) in [5.41, 5.74) is 3.07. The maximum absolute atomic E-state index is 15.0. The number of nitro groups is 1. The largest absolute Gasteiger partial charge is 0.352 e. The lowest BCUT2D eigenvalue weighted by Crippen LogP contribution is -2.51. The fraction of sp³-hybridized carbons (Fsp3) is 0.216. The highest BCUT2D eigenvalue weighted by Crippen LogP contribution is 2.58. The second-order valence-corrected chi connectivity index (χ2v) is 12.4. The quantitative estimate of drug-likeness (QED) is 0.145. The van der Waals surface area contributed by atoms with E-state index < -0.39 is 28.3 Å². The van der Waals surface area contributed by atoms with Crippen molar-refractivity contribution in [1.82, 2.24) is 0 Å². The molecule has 3 aliphatic heterocycles. The van der Waals surface area contributed by atoms with Gasteiger partial charge in [-0.1, -0.05) is 86.7 Å². The molecule has 3 heterocycles. The molecule has 3 aliphatic rings. The van der Waals surface area contributed by atoms with Crippen molar-refractivity contribution in [3.05, 3.63) is 141 Å². The van der Waals surface area contributed by atoms with Crippen LogP contribution in [0.15, 0.2) is 103 Å². The van der Waals surface area contributed by atoms with E-state index in [-0.39, 0.29) is 28.7 Å². The molecule has 7 rings (SSSR count). The molecular weight excluding hydrogens is 566 g/mol. The SMILES string of the molecule is CC(C)Cc1ccc(C(=O)[C@H]2[C@H](C(=O)c3ccc([N+](=O)[O-])cc3)N3c4ccccc4C=C[C@@H]3[C@]23C(=O)Nc2ccccc23)cc1. The smallest absolute Gasteiger partial charge is 0.269 e. The maximum atomic E-state index is 15.0. The van der Waals surface area contributed by atoms with Crippen LogP contribution in [0.2, 0.25) is 0 Å². The van der Waals surface area contributed by atoms with E-state index in [0.717, 1.165) is 23.2 Å². The highest BCUT2D eigenvalue weighted by Gasteiger charge is 2.70. The van der Waals surface area contributed by atoms with Crippen molar-refractivity contribution in [2.24, 2.45) is 11.8 Å². The Morgan fingerprint density at radius 2 is 1.53 bits per heavy atom. The highest BCUT2D eigenvalue weighted by atomic mass is 16.6. The summed E-state index contributed by atoms with van der Waals surface area (Å²) >= 11 is 0. The molecule has 4 aromatic carbocycles. The predicted molar refractivity (Wildman–Crippen MR) is 173 cm³/mol. The number of anilines is 2. The zero-order valence-corrected chi connectivity index (χ0v) is 24.8. The molecule has 0 aliphatic carbocycles. The standard InChI is InChI=1S/C37H31N3O5/c1-22(2)21-23-11-13-25(14-12-23)34(41)32-33(35(42)26-15-18-27(19-16-26)40(44)45)39-30-10-6-3-7-24(30)17-20-31(39)37(32)28-8-4-5-9-29(28)38-36(37)43/h3-20,22,31-33H,21H2,1-2H3,(H,38,43)/t31-,32-,33-,37+/m1/s1. The van der Waals surface area contributed by atoms with Gasteiger partial charge >= 0.3 is 0 Å². The van der Waals surface area contributed by atoms with Crippen molar-refractivity contribution in [3.63, 3.8) is 0 Å². The molecule has 0 radical (unpaired) electrons. The number of Topliss-reactive ketones (excluding diaryl/α,β-unsaturated/α-hetero) is 2. The molecule has 0 aromatic heterocycles. The van der Waals surface area contributed by atoms with E-state index >= 15 is 0 Å². The number of benzene rings is 4. The van der Waals surface area contributed by atoms with Crippen LogP contribution in [0.25, 0.3) is 6.08 Å². The number of amides is 1. The number of nitro benzene ring substituents is 1. The Balaban J connectivity index is 1.47. The molecule has 1 N–H and O–H groups in total. The Morgan fingerprint density at radius 1 is 0.889 bits per heavy atom. The lowest BCUT2D eigenvalue weighted by molar-refractivity contribution is -0.384. The van der Waals surface area contributed by atoms with E-state index in [9.17, 15) is 24.5 Å². The molecule has 8 nitrogen and oxygen atoms in total. The van der Waals surface area contributed by atoms with E-state index in [1.54, 1.807) is 12.1 Å². The predicted octanol–water partition coefficient (Wildman–Crippen LogP) is 6.65.